The van der Waals surface area contributed by atoms with Crippen LogP contribution in [0.25, 0.3) is 0 Å². The third-order valence-corrected chi connectivity index (χ3v) is 3.20. The zero-order chi connectivity index (χ0) is 12.1. The van der Waals surface area contributed by atoms with E-state index in [2.05, 4.69) is 4.98 Å². The van der Waals surface area contributed by atoms with E-state index in [1.807, 2.05) is 12.1 Å². The molecule has 0 spiro atoms. The van der Waals surface area contributed by atoms with Gasteiger partial charge in [0.1, 0.15) is 11.5 Å². The molecule has 1 saturated carbocycles. The van der Waals surface area contributed by atoms with Crippen LogP contribution < -0.4 is 5.73 Å². The smallest absolute Gasteiger partial charge is 0.141 e. The summed E-state index contributed by atoms with van der Waals surface area (Å²) >= 11 is 0. The van der Waals surface area contributed by atoms with Crippen LogP contribution in [0.5, 0.6) is 0 Å². The molecule has 0 saturated heterocycles. The van der Waals surface area contributed by atoms with Gasteiger partial charge in [0.2, 0.25) is 0 Å². The quantitative estimate of drug-likeness (QED) is 0.604. The van der Waals surface area contributed by atoms with Crippen molar-refractivity contribution in [2.75, 3.05) is 6.61 Å². The van der Waals surface area contributed by atoms with E-state index in [1.165, 1.54) is 25.7 Å². The van der Waals surface area contributed by atoms with Crippen molar-refractivity contribution in [1.29, 1.82) is 5.41 Å². The number of aromatic nitrogens is 1. The maximum atomic E-state index is 7.32. The van der Waals surface area contributed by atoms with Gasteiger partial charge in [-0.25, -0.2) is 0 Å². The molecule has 0 atom stereocenters. The number of hydrogen-bond donors (Lipinski definition) is 2. The Morgan fingerprint density at radius 2 is 2.24 bits per heavy atom. The first kappa shape index (κ1) is 12.0. The molecule has 1 heterocycles. The van der Waals surface area contributed by atoms with Crippen LogP contribution in [0, 0.1) is 11.3 Å². The molecule has 4 nitrogen and oxygen atoms in total. The van der Waals surface area contributed by atoms with Crippen molar-refractivity contribution in [1.82, 2.24) is 4.98 Å². The van der Waals surface area contributed by atoms with Crippen LogP contribution in [0.3, 0.4) is 0 Å². The van der Waals surface area contributed by atoms with Gasteiger partial charge in [-0.3, -0.25) is 10.4 Å². The van der Waals surface area contributed by atoms with Crippen LogP contribution in [-0.4, -0.2) is 17.4 Å². The van der Waals surface area contributed by atoms with Gasteiger partial charge in [-0.05, 0) is 36.5 Å². The number of ether oxygens (including phenoxy) is 1. The molecule has 1 aromatic heterocycles. The van der Waals surface area contributed by atoms with Crippen LogP contribution in [-0.2, 0) is 11.3 Å². The molecule has 92 valence electrons. The Morgan fingerprint density at radius 3 is 2.94 bits per heavy atom. The lowest BCUT2D eigenvalue weighted by Gasteiger charge is -2.10. The van der Waals surface area contributed by atoms with E-state index in [0.717, 1.165) is 18.1 Å². The van der Waals surface area contributed by atoms with Crippen LogP contribution in [0.15, 0.2) is 18.3 Å². The van der Waals surface area contributed by atoms with Gasteiger partial charge in [-0.1, -0.05) is 12.8 Å². The Bertz CT molecular complexity index is 386. The molecule has 4 heteroatoms. The first-order valence-electron chi connectivity index (χ1n) is 6.13. The van der Waals surface area contributed by atoms with Gasteiger partial charge in [0, 0.05) is 12.8 Å². The fourth-order valence-corrected chi connectivity index (χ4v) is 2.23. The van der Waals surface area contributed by atoms with Gasteiger partial charge in [0.15, 0.2) is 0 Å². The first-order chi connectivity index (χ1) is 8.25. The largest absolute Gasteiger partial charge is 0.382 e. The molecule has 17 heavy (non-hydrogen) atoms. The minimum absolute atomic E-state index is 0.00245. The average Bonchev–Trinajstić information content (AvgIpc) is 2.82. The summed E-state index contributed by atoms with van der Waals surface area (Å²) in [6.45, 7) is 1.43. The molecule has 0 aliphatic heterocycles. The van der Waals surface area contributed by atoms with Crippen LogP contribution in [0.4, 0.5) is 0 Å². The fourth-order valence-electron chi connectivity index (χ4n) is 2.23. The molecule has 1 aromatic rings. The van der Waals surface area contributed by atoms with Crippen molar-refractivity contribution in [3.8, 4) is 0 Å². The molecule has 0 amide bonds. The van der Waals surface area contributed by atoms with E-state index < -0.39 is 0 Å². The number of pyridine rings is 1. The van der Waals surface area contributed by atoms with Crippen molar-refractivity contribution in [3.05, 3.63) is 29.6 Å². The second kappa shape index (κ2) is 5.77. The van der Waals surface area contributed by atoms with Crippen molar-refractivity contribution in [3.63, 3.8) is 0 Å². The van der Waals surface area contributed by atoms with E-state index >= 15 is 0 Å². The van der Waals surface area contributed by atoms with Gasteiger partial charge in [0.25, 0.3) is 0 Å². The minimum Gasteiger partial charge on any atom is -0.382 e. The summed E-state index contributed by atoms with van der Waals surface area (Å²) in [7, 11) is 0. The normalized spacial score (nSPS) is 16.2. The highest BCUT2D eigenvalue weighted by molar-refractivity contribution is 5.93. The highest BCUT2D eigenvalue weighted by Gasteiger charge is 2.14. The molecule has 1 aliphatic rings. The van der Waals surface area contributed by atoms with Gasteiger partial charge in [-0.15, -0.1) is 0 Å². The standard InChI is InChI=1S/C13H19N3O/c14-13(15)12-7-11(5-6-16-12)9-17-8-10-3-1-2-4-10/h5-7,10H,1-4,8-9H2,(H3,14,15). The predicted octanol–water partition coefficient (Wildman–Crippen LogP) is 2.07. The van der Waals surface area contributed by atoms with Crippen LogP contribution in [0.2, 0.25) is 0 Å². The SMILES string of the molecule is N=C(N)c1cc(COCC2CCCC2)ccn1. The van der Waals surface area contributed by atoms with E-state index in [1.54, 1.807) is 6.20 Å². The van der Waals surface area contributed by atoms with Crippen molar-refractivity contribution in [2.45, 2.75) is 32.3 Å². The number of amidine groups is 1. The molecule has 0 aromatic carbocycles. The number of rotatable bonds is 5. The molecule has 3 N–H and O–H groups in total. The molecule has 1 fully saturated rings. The summed E-state index contributed by atoms with van der Waals surface area (Å²) in [6.07, 6.45) is 6.96. The Kier molecular flexibility index (Phi) is 4.09. The summed E-state index contributed by atoms with van der Waals surface area (Å²) in [5, 5.41) is 7.32. The third-order valence-electron chi connectivity index (χ3n) is 3.20. The summed E-state index contributed by atoms with van der Waals surface area (Å²) in [5.74, 6) is 0.742. The summed E-state index contributed by atoms with van der Waals surface area (Å²) < 4.78 is 5.70. The van der Waals surface area contributed by atoms with Crippen LogP contribution >= 0.6 is 0 Å². The molecule has 1 aliphatic carbocycles. The Morgan fingerprint density at radius 1 is 1.47 bits per heavy atom. The number of nitrogens with zero attached hydrogens (tertiary/aromatic N) is 1. The first-order valence-corrected chi connectivity index (χ1v) is 6.13. The number of nitrogen functional groups attached to an aromatic ring is 1. The fraction of sp³-hybridized carbons (Fsp3) is 0.538. The predicted molar refractivity (Wildman–Crippen MR) is 66.9 cm³/mol. The third kappa shape index (κ3) is 3.53. The van der Waals surface area contributed by atoms with E-state index in [4.69, 9.17) is 15.9 Å². The highest BCUT2D eigenvalue weighted by atomic mass is 16.5. The van der Waals surface area contributed by atoms with E-state index in [0.29, 0.717) is 12.3 Å². The summed E-state index contributed by atoms with van der Waals surface area (Å²) in [5.41, 5.74) is 6.94. The van der Waals surface area contributed by atoms with Gasteiger partial charge in [0.05, 0.1) is 6.61 Å². The van der Waals surface area contributed by atoms with Crippen LogP contribution in [0.1, 0.15) is 36.9 Å². The van der Waals surface area contributed by atoms with Gasteiger partial charge in [-0.2, -0.15) is 0 Å². The Labute approximate surface area is 102 Å². The monoisotopic (exact) mass is 233 g/mol. The maximum Gasteiger partial charge on any atom is 0.141 e. The zero-order valence-electron chi connectivity index (χ0n) is 9.98. The average molecular weight is 233 g/mol. The lowest BCUT2D eigenvalue weighted by atomic mass is 10.1. The minimum atomic E-state index is 0.00245. The molecular weight excluding hydrogens is 214 g/mol. The van der Waals surface area contributed by atoms with Gasteiger partial charge >= 0.3 is 0 Å². The van der Waals surface area contributed by atoms with E-state index in [-0.39, 0.29) is 5.84 Å². The van der Waals surface area contributed by atoms with Crippen molar-refractivity contribution in [2.24, 2.45) is 11.7 Å². The topological polar surface area (TPSA) is 72.0 Å². The molecule has 2 rings (SSSR count). The van der Waals surface area contributed by atoms with Gasteiger partial charge < -0.3 is 10.5 Å². The number of nitrogens with two attached hydrogens (primary N) is 1. The molecule has 0 unspecified atom stereocenters. The Hall–Kier alpha value is -1.42. The molecular formula is C13H19N3O. The van der Waals surface area contributed by atoms with Crippen molar-refractivity contribution >= 4 is 5.84 Å². The van der Waals surface area contributed by atoms with E-state index in [9.17, 15) is 0 Å². The highest BCUT2D eigenvalue weighted by Crippen LogP contribution is 2.24. The second-order valence-electron chi connectivity index (χ2n) is 4.63. The van der Waals surface area contributed by atoms with Crippen molar-refractivity contribution < 1.29 is 4.74 Å². The summed E-state index contributed by atoms with van der Waals surface area (Å²) in [6, 6.07) is 3.72. The Balaban J connectivity index is 1.81. The number of hydrogen-bond acceptors (Lipinski definition) is 3. The number of nitrogens with one attached hydrogen (secondary N) is 1. The lowest BCUT2D eigenvalue weighted by molar-refractivity contribution is 0.0888. The molecule has 0 bridgehead atoms. The summed E-state index contributed by atoms with van der Waals surface area (Å²) in [4.78, 5) is 4.02. The second-order valence-corrected chi connectivity index (χ2v) is 4.63. The molecule has 0 radical (unpaired) electrons. The zero-order valence-corrected chi connectivity index (χ0v) is 9.98. The maximum absolute atomic E-state index is 7.32. The lowest BCUT2D eigenvalue weighted by Crippen LogP contribution is -2.13.